The first-order valence-corrected chi connectivity index (χ1v) is 8.56. The Balaban J connectivity index is 1.81. The molecule has 9 heteroatoms. The quantitative estimate of drug-likeness (QED) is 0.723. The van der Waals surface area contributed by atoms with Gasteiger partial charge in [0.1, 0.15) is 0 Å². The molecule has 2 aromatic heterocycles. The summed E-state index contributed by atoms with van der Waals surface area (Å²) in [5, 5.41) is 6.61. The molecule has 28 heavy (non-hydrogen) atoms. The fraction of sp³-hybridized carbons (Fsp3) is 0.316. The number of nitrogens with zero attached hydrogens (tertiary/aromatic N) is 3. The molecule has 1 amide bonds. The minimum atomic E-state index is -4.61. The Labute approximate surface area is 159 Å². The summed E-state index contributed by atoms with van der Waals surface area (Å²) in [4.78, 5) is 16.3. The highest BCUT2D eigenvalue weighted by atomic mass is 19.4. The topological polar surface area (TPSA) is 69.0 Å². The molecule has 0 bridgehead atoms. The summed E-state index contributed by atoms with van der Waals surface area (Å²) in [6, 6.07) is 10.0. The van der Waals surface area contributed by atoms with Crippen molar-refractivity contribution in [1.29, 1.82) is 0 Å². The SMILES string of the molecule is Cc1nn(C)c2nc(O[C@H](C)C(=O)NCc3ccccc3)cc(C(F)(F)F)c12. The van der Waals surface area contributed by atoms with Crippen molar-refractivity contribution >= 4 is 16.9 Å². The van der Waals surface area contributed by atoms with Crippen molar-refractivity contribution in [1.82, 2.24) is 20.1 Å². The van der Waals surface area contributed by atoms with Gasteiger partial charge in [0.2, 0.25) is 5.88 Å². The van der Waals surface area contributed by atoms with Gasteiger partial charge in [0.15, 0.2) is 11.8 Å². The molecule has 3 aromatic rings. The molecule has 148 valence electrons. The second kappa shape index (κ2) is 7.49. The predicted molar refractivity (Wildman–Crippen MR) is 96.6 cm³/mol. The zero-order valence-corrected chi connectivity index (χ0v) is 15.5. The number of nitrogens with one attached hydrogen (secondary N) is 1. The highest BCUT2D eigenvalue weighted by Crippen LogP contribution is 2.37. The Morgan fingerprint density at radius 1 is 1.29 bits per heavy atom. The van der Waals surface area contributed by atoms with Crippen molar-refractivity contribution in [2.45, 2.75) is 32.7 Å². The Morgan fingerprint density at radius 3 is 2.61 bits per heavy atom. The van der Waals surface area contributed by atoms with Crippen molar-refractivity contribution in [2.24, 2.45) is 7.05 Å². The summed E-state index contributed by atoms with van der Waals surface area (Å²) in [5.41, 5.74) is 0.263. The third-order valence-corrected chi connectivity index (χ3v) is 4.23. The smallest absolute Gasteiger partial charge is 0.417 e. The number of alkyl halides is 3. The van der Waals surface area contributed by atoms with E-state index in [0.29, 0.717) is 0 Å². The van der Waals surface area contributed by atoms with Crippen LogP contribution in [-0.2, 0) is 24.6 Å². The van der Waals surface area contributed by atoms with Gasteiger partial charge in [-0.3, -0.25) is 9.48 Å². The average molecular weight is 392 g/mol. The lowest BCUT2D eigenvalue weighted by Crippen LogP contribution is -2.36. The Kier molecular flexibility index (Phi) is 5.26. The summed E-state index contributed by atoms with van der Waals surface area (Å²) in [7, 11) is 1.50. The third-order valence-electron chi connectivity index (χ3n) is 4.23. The maximum atomic E-state index is 13.5. The van der Waals surface area contributed by atoms with Crippen molar-refractivity contribution < 1.29 is 22.7 Å². The van der Waals surface area contributed by atoms with Gasteiger partial charge in [0.05, 0.1) is 16.6 Å². The van der Waals surface area contributed by atoms with Crippen LogP contribution in [0.2, 0.25) is 0 Å². The number of aryl methyl sites for hydroxylation is 2. The molecule has 6 nitrogen and oxygen atoms in total. The van der Waals surface area contributed by atoms with Crippen LogP contribution in [0.25, 0.3) is 11.0 Å². The van der Waals surface area contributed by atoms with Gasteiger partial charge in [-0.05, 0) is 19.4 Å². The summed E-state index contributed by atoms with van der Waals surface area (Å²) in [5.74, 6) is -0.745. The van der Waals surface area contributed by atoms with E-state index >= 15 is 0 Å². The van der Waals surface area contributed by atoms with Crippen molar-refractivity contribution in [3.8, 4) is 5.88 Å². The molecule has 0 unspecified atom stereocenters. The van der Waals surface area contributed by atoms with Gasteiger partial charge in [-0.1, -0.05) is 30.3 Å². The lowest BCUT2D eigenvalue weighted by molar-refractivity contribution is -0.136. The van der Waals surface area contributed by atoms with Crippen LogP contribution in [-0.4, -0.2) is 26.8 Å². The normalized spacial score (nSPS) is 12.8. The standard InChI is InChI=1S/C19H19F3N4O2/c1-11-16-14(19(20,21)22)9-15(24-17(16)26(3)25-11)28-12(2)18(27)23-10-13-7-5-4-6-8-13/h4-9,12H,10H2,1-3H3,(H,23,27)/t12-/m1/s1. The summed E-state index contributed by atoms with van der Waals surface area (Å²) in [6.07, 6.45) is -5.63. The Bertz CT molecular complexity index is 1000. The van der Waals surface area contributed by atoms with E-state index in [4.69, 9.17) is 4.74 Å². The highest BCUT2D eigenvalue weighted by Gasteiger charge is 2.36. The minimum Gasteiger partial charge on any atom is -0.464 e. The van der Waals surface area contributed by atoms with E-state index in [9.17, 15) is 18.0 Å². The van der Waals surface area contributed by atoms with E-state index in [1.807, 2.05) is 30.3 Å². The molecule has 0 aliphatic carbocycles. The first-order valence-electron chi connectivity index (χ1n) is 8.56. The molecular formula is C19H19F3N4O2. The number of hydrogen-bond acceptors (Lipinski definition) is 4. The molecule has 0 fully saturated rings. The van der Waals surface area contributed by atoms with Gasteiger partial charge in [-0.2, -0.15) is 23.3 Å². The van der Waals surface area contributed by atoms with Crippen LogP contribution in [0.15, 0.2) is 36.4 Å². The van der Waals surface area contributed by atoms with E-state index in [1.165, 1.54) is 25.6 Å². The van der Waals surface area contributed by atoms with Crippen molar-refractivity contribution in [2.75, 3.05) is 0 Å². The van der Waals surface area contributed by atoms with Gasteiger partial charge < -0.3 is 10.1 Å². The van der Waals surface area contributed by atoms with Gasteiger partial charge >= 0.3 is 6.18 Å². The van der Waals surface area contributed by atoms with E-state index in [-0.39, 0.29) is 29.2 Å². The zero-order chi connectivity index (χ0) is 20.5. The van der Waals surface area contributed by atoms with Crippen LogP contribution in [0.4, 0.5) is 13.2 Å². The summed E-state index contributed by atoms with van der Waals surface area (Å²) >= 11 is 0. The number of fused-ring (bicyclic) bond motifs is 1. The number of carbonyl (C=O) groups is 1. The third kappa shape index (κ3) is 4.08. The first kappa shape index (κ1) is 19.7. The first-order chi connectivity index (χ1) is 13.2. The Hall–Kier alpha value is -3.10. The molecule has 0 aliphatic rings. The van der Waals surface area contributed by atoms with Crippen molar-refractivity contribution in [3.63, 3.8) is 0 Å². The molecule has 3 rings (SSSR count). The molecule has 0 saturated heterocycles. The van der Waals surface area contributed by atoms with Gasteiger partial charge in [-0.15, -0.1) is 0 Å². The maximum Gasteiger partial charge on any atom is 0.417 e. The Morgan fingerprint density at radius 2 is 1.96 bits per heavy atom. The molecule has 1 N–H and O–H groups in total. The number of hydrogen-bond donors (Lipinski definition) is 1. The lowest BCUT2D eigenvalue weighted by atomic mass is 10.1. The van der Waals surface area contributed by atoms with E-state index < -0.39 is 23.8 Å². The van der Waals surface area contributed by atoms with Gasteiger partial charge in [0.25, 0.3) is 5.91 Å². The molecule has 0 radical (unpaired) electrons. The molecule has 0 spiro atoms. The van der Waals surface area contributed by atoms with E-state index in [2.05, 4.69) is 15.4 Å². The number of carbonyl (C=O) groups excluding carboxylic acids is 1. The minimum absolute atomic E-state index is 0.0409. The summed E-state index contributed by atoms with van der Waals surface area (Å²) < 4.78 is 47.1. The zero-order valence-electron chi connectivity index (χ0n) is 15.5. The second-order valence-electron chi connectivity index (χ2n) is 6.38. The van der Waals surface area contributed by atoms with Crippen LogP contribution in [0, 0.1) is 6.92 Å². The lowest BCUT2D eigenvalue weighted by Gasteiger charge is -2.16. The largest absolute Gasteiger partial charge is 0.464 e. The highest BCUT2D eigenvalue weighted by molar-refractivity contribution is 5.84. The fourth-order valence-corrected chi connectivity index (χ4v) is 2.87. The summed E-state index contributed by atoms with van der Waals surface area (Å²) in [6.45, 7) is 3.22. The van der Waals surface area contributed by atoms with E-state index in [1.54, 1.807) is 0 Å². The molecule has 0 aliphatic heterocycles. The molecular weight excluding hydrogens is 373 g/mol. The molecule has 2 heterocycles. The van der Waals surface area contributed by atoms with Gasteiger partial charge in [-0.25, -0.2) is 0 Å². The van der Waals surface area contributed by atoms with Crippen LogP contribution >= 0.6 is 0 Å². The molecule has 1 atom stereocenters. The molecule has 0 saturated carbocycles. The fourth-order valence-electron chi connectivity index (χ4n) is 2.87. The number of benzene rings is 1. The maximum absolute atomic E-state index is 13.5. The van der Waals surface area contributed by atoms with Crippen LogP contribution in [0.3, 0.4) is 0 Å². The molecule has 1 aromatic carbocycles. The number of rotatable bonds is 5. The number of amides is 1. The van der Waals surface area contributed by atoms with Gasteiger partial charge in [0, 0.05) is 19.7 Å². The number of pyridine rings is 1. The second-order valence-corrected chi connectivity index (χ2v) is 6.38. The van der Waals surface area contributed by atoms with Crippen LogP contribution in [0.1, 0.15) is 23.7 Å². The predicted octanol–water partition coefficient (Wildman–Crippen LogP) is 3.38. The number of aromatic nitrogens is 3. The monoisotopic (exact) mass is 392 g/mol. The van der Waals surface area contributed by atoms with Crippen LogP contribution in [0.5, 0.6) is 5.88 Å². The number of ether oxygens (including phenoxy) is 1. The van der Waals surface area contributed by atoms with Crippen molar-refractivity contribution in [3.05, 3.63) is 53.2 Å². The van der Waals surface area contributed by atoms with E-state index in [0.717, 1.165) is 11.6 Å². The average Bonchev–Trinajstić information content (AvgIpc) is 2.93. The van der Waals surface area contributed by atoms with Crippen LogP contribution < -0.4 is 10.1 Å². The number of halogens is 3.